The molecule has 3 aromatic rings. The largest absolute Gasteiger partial charge is 0.430 e. The second kappa shape index (κ2) is 10.2. The number of rotatable bonds is 5. The molecule has 1 aliphatic heterocycles. The van der Waals surface area contributed by atoms with Crippen molar-refractivity contribution >= 4 is 6.03 Å². The van der Waals surface area contributed by atoms with Crippen molar-refractivity contribution in [3.05, 3.63) is 107 Å². The van der Waals surface area contributed by atoms with E-state index in [1.54, 1.807) is 6.92 Å². The number of alkyl halides is 6. The molecule has 2 N–H and O–H groups in total. The smallest absolute Gasteiger partial charge is 0.369 e. The number of nitrogens with one attached hydrogen (secondary N) is 1. The van der Waals surface area contributed by atoms with Gasteiger partial charge >= 0.3 is 18.4 Å². The second-order valence-corrected chi connectivity index (χ2v) is 9.83. The lowest BCUT2D eigenvalue weighted by molar-refractivity contribution is -0.376. The minimum atomic E-state index is -6.00. The summed E-state index contributed by atoms with van der Waals surface area (Å²) in [5, 5.41) is 12.6. The van der Waals surface area contributed by atoms with Crippen LogP contribution in [-0.2, 0) is 17.6 Å². The zero-order chi connectivity index (χ0) is 28.6. The molecule has 0 spiro atoms. The lowest BCUT2D eigenvalue weighted by Crippen LogP contribution is -2.53. The van der Waals surface area contributed by atoms with Gasteiger partial charge in [-0.2, -0.15) is 26.3 Å². The van der Waals surface area contributed by atoms with E-state index in [1.165, 1.54) is 29.2 Å². The van der Waals surface area contributed by atoms with Crippen molar-refractivity contribution in [1.29, 1.82) is 0 Å². The van der Waals surface area contributed by atoms with E-state index in [-0.39, 0.29) is 19.6 Å². The molecular formula is C28H25F7N2O2. The molecular weight excluding hydrogens is 529 g/mol. The Kier molecular flexibility index (Phi) is 7.41. The van der Waals surface area contributed by atoms with E-state index in [1.807, 2.05) is 30.3 Å². The number of urea groups is 1. The molecule has 0 aliphatic carbocycles. The van der Waals surface area contributed by atoms with Crippen LogP contribution in [0.4, 0.5) is 35.5 Å². The Labute approximate surface area is 220 Å². The number of nitrogens with zero attached hydrogens (tertiary/aromatic N) is 1. The van der Waals surface area contributed by atoms with Crippen molar-refractivity contribution in [2.75, 3.05) is 13.1 Å². The number of halogens is 7. The van der Waals surface area contributed by atoms with E-state index in [4.69, 9.17) is 0 Å². The quantitative estimate of drug-likeness (QED) is 0.359. The van der Waals surface area contributed by atoms with Crippen LogP contribution in [-0.4, -0.2) is 41.5 Å². The minimum Gasteiger partial charge on any atom is -0.369 e. The molecule has 4 rings (SSSR count). The number of hydrogen-bond donors (Lipinski definition) is 2. The summed E-state index contributed by atoms with van der Waals surface area (Å²) in [6.07, 6.45) is -12.0. The zero-order valence-electron chi connectivity index (χ0n) is 20.7. The summed E-state index contributed by atoms with van der Waals surface area (Å²) in [5.41, 5.74) is -5.42. The van der Waals surface area contributed by atoms with Crippen LogP contribution < -0.4 is 5.32 Å². The highest BCUT2D eigenvalue weighted by atomic mass is 19.4. The Morgan fingerprint density at radius 1 is 0.923 bits per heavy atom. The summed E-state index contributed by atoms with van der Waals surface area (Å²) in [6.45, 7) is 2.29. The third-order valence-corrected chi connectivity index (χ3v) is 7.32. The van der Waals surface area contributed by atoms with Crippen LogP contribution in [0.1, 0.15) is 35.1 Å². The maximum absolute atomic E-state index is 13.7. The standard InChI is InChI=1S/C28H25F7N2O2/c1-25(20-11-13-22(29)14-12-20)17-37(24(38)36-15-18-5-3-2-4-6-18)16-23(25)19-7-9-21(10-8-19)26(39,27(30,31)32)28(33,34)35/h2-14,23,39H,15-17H2,1H3,(H,36,38)/t23-,25+/m0/s1. The molecule has 0 radical (unpaired) electrons. The number of carbonyl (C=O) groups is 1. The van der Waals surface area contributed by atoms with Gasteiger partial charge in [-0.15, -0.1) is 0 Å². The first-order chi connectivity index (χ1) is 18.2. The number of amides is 2. The Bertz CT molecular complexity index is 1280. The molecule has 1 aliphatic rings. The van der Waals surface area contributed by atoms with Crippen molar-refractivity contribution in [3.8, 4) is 0 Å². The van der Waals surface area contributed by atoms with Gasteiger partial charge in [-0.25, -0.2) is 9.18 Å². The van der Waals surface area contributed by atoms with Gasteiger partial charge in [0.15, 0.2) is 0 Å². The van der Waals surface area contributed by atoms with Crippen molar-refractivity contribution in [3.63, 3.8) is 0 Å². The summed E-state index contributed by atoms with van der Waals surface area (Å²) in [7, 11) is 0. The predicted octanol–water partition coefficient (Wildman–Crippen LogP) is 6.40. The summed E-state index contributed by atoms with van der Waals surface area (Å²) in [6, 6.07) is 17.7. The van der Waals surface area contributed by atoms with E-state index in [0.717, 1.165) is 17.7 Å². The molecule has 2 amide bonds. The predicted molar refractivity (Wildman–Crippen MR) is 129 cm³/mol. The molecule has 0 unspecified atom stereocenters. The maximum Gasteiger partial charge on any atom is 0.430 e. The van der Waals surface area contributed by atoms with Crippen molar-refractivity contribution < 1.29 is 40.6 Å². The summed E-state index contributed by atoms with van der Waals surface area (Å²) in [4.78, 5) is 14.6. The highest BCUT2D eigenvalue weighted by Gasteiger charge is 2.71. The Morgan fingerprint density at radius 3 is 2.03 bits per heavy atom. The molecule has 2 atom stereocenters. The highest BCUT2D eigenvalue weighted by Crippen LogP contribution is 2.51. The summed E-state index contributed by atoms with van der Waals surface area (Å²) < 4.78 is 93.7. The Balaban J connectivity index is 1.66. The number of aliphatic hydroxyl groups is 1. The van der Waals surface area contributed by atoms with Gasteiger partial charge in [0.25, 0.3) is 5.60 Å². The highest BCUT2D eigenvalue weighted by molar-refractivity contribution is 5.75. The van der Waals surface area contributed by atoms with Crippen LogP contribution in [0.15, 0.2) is 78.9 Å². The summed E-state index contributed by atoms with van der Waals surface area (Å²) in [5.74, 6) is -1.05. The Morgan fingerprint density at radius 2 is 1.49 bits per heavy atom. The molecule has 39 heavy (non-hydrogen) atoms. The van der Waals surface area contributed by atoms with E-state index < -0.39 is 46.7 Å². The molecule has 4 nitrogen and oxygen atoms in total. The van der Waals surface area contributed by atoms with E-state index >= 15 is 0 Å². The molecule has 11 heteroatoms. The third-order valence-electron chi connectivity index (χ3n) is 7.32. The zero-order valence-corrected chi connectivity index (χ0v) is 20.7. The van der Waals surface area contributed by atoms with Crippen molar-refractivity contribution in [2.24, 2.45) is 0 Å². The first-order valence-corrected chi connectivity index (χ1v) is 12.0. The fourth-order valence-corrected chi connectivity index (χ4v) is 5.07. The Hall–Kier alpha value is -3.60. The molecule has 0 saturated carbocycles. The fraction of sp³-hybridized carbons (Fsp3) is 0.321. The minimum absolute atomic E-state index is 0.0939. The molecule has 1 heterocycles. The van der Waals surface area contributed by atoms with Gasteiger partial charge < -0.3 is 15.3 Å². The van der Waals surface area contributed by atoms with Gasteiger partial charge in [0, 0.05) is 36.5 Å². The lowest BCUT2D eigenvalue weighted by atomic mass is 9.71. The van der Waals surface area contributed by atoms with Gasteiger partial charge in [-0.3, -0.25) is 0 Å². The van der Waals surface area contributed by atoms with E-state index in [2.05, 4.69) is 5.32 Å². The molecule has 0 bridgehead atoms. The number of benzene rings is 3. The van der Waals surface area contributed by atoms with E-state index in [9.17, 15) is 40.6 Å². The van der Waals surface area contributed by atoms with Gasteiger partial charge in [0.2, 0.25) is 0 Å². The molecule has 1 fully saturated rings. The van der Waals surface area contributed by atoms with E-state index in [0.29, 0.717) is 23.3 Å². The molecule has 1 saturated heterocycles. The van der Waals surface area contributed by atoms with Crippen molar-refractivity contribution in [1.82, 2.24) is 10.2 Å². The molecule has 0 aromatic heterocycles. The SMILES string of the molecule is C[C@]1(c2ccc(F)cc2)CN(C(=O)NCc2ccccc2)C[C@H]1c1ccc(C(O)(C(F)(F)F)C(F)(F)F)cc1. The van der Waals surface area contributed by atoms with Crippen LogP contribution >= 0.6 is 0 Å². The van der Waals surface area contributed by atoms with Gasteiger partial charge in [0.1, 0.15) is 5.82 Å². The lowest BCUT2D eigenvalue weighted by Gasteiger charge is -2.34. The average molecular weight is 555 g/mol. The maximum atomic E-state index is 13.7. The van der Waals surface area contributed by atoms with Crippen LogP contribution in [0, 0.1) is 5.82 Å². The third kappa shape index (κ3) is 5.32. The number of likely N-dealkylation sites (tertiary alicyclic amines) is 1. The summed E-state index contributed by atoms with van der Waals surface area (Å²) >= 11 is 0. The van der Waals surface area contributed by atoms with Crippen LogP contribution in [0.5, 0.6) is 0 Å². The monoisotopic (exact) mass is 554 g/mol. The van der Waals surface area contributed by atoms with Crippen LogP contribution in [0.25, 0.3) is 0 Å². The number of carbonyl (C=O) groups excluding carboxylic acids is 1. The second-order valence-electron chi connectivity index (χ2n) is 9.83. The van der Waals surface area contributed by atoms with Crippen LogP contribution in [0.2, 0.25) is 0 Å². The fourth-order valence-electron chi connectivity index (χ4n) is 5.07. The number of hydrogen-bond acceptors (Lipinski definition) is 2. The van der Waals surface area contributed by atoms with Crippen LogP contribution in [0.3, 0.4) is 0 Å². The first kappa shape index (κ1) is 28.4. The topological polar surface area (TPSA) is 52.6 Å². The molecule has 208 valence electrons. The normalized spacial score (nSPS) is 20.2. The van der Waals surface area contributed by atoms with Crippen molar-refractivity contribution in [2.45, 2.75) is 42.8 Å². The van der Waals surface area contributed by atoms with Gasteiger partial charge in [-0.1, -0.05) is 73.7 Å². The molecule has 3 aromatic carbocycles. The average Bonchev–Trinajstić information content (AvgIpc) is 3.25. The first-order valence-electron chi connectivity index (χ1n) is 12.0. The van der Waals surface area contributed by atoms with Gasteiger partial charge in [0.05, 0.1) is 0 Å². The van der Waals surface area contributed by atoms with Gasteiger partial charge in [-0.05, 0) is 28.8 Å².